The third kappa shape index (κ3) is 6.09. The van der Waals surface area contributed by atoms with Crippen LogP contribution in [0.2, 0.25) is 0 Å². The average Bonchev–Trinajstić information content (AvgIpc) is 1.97. The van der Waals surface area contributed by atoms with Gasteiger partial charge in [-0.2, -0.15) is 0 Å². The predicted octanol–water partition coefficient (Wildman–Crippen LogP) is 3.61. The first kappa shape index (κ1) is 13.0. The number of aliphatic hydroxyl groups is 1. The zero-order valence-corrected chi connectivity index (χ0v) is 9.93. The van der Waals surface area contributed by atoms with Crippen molar-refractivity contribution in [2.75, 3.05) is 0 Å². The molecule has 0 spiro atoms. The van der Waals surface area contributed by atoms with Crippen LogP contribution in [0.15, 0.2) is 0 Å². The Hall–Kier alpha value is -0.0400. The quantitative estimate of drug-likeness (QED) is 0.628. The van der Waals surface area contributed by atoms with Gasteiger partial charge >= 0.3 is 0 Å². The van der Waals surface area contributed by atoms with E-state index in [-0.39, 0.29) is 0 Å². The van der Waals surface area contributed by atoms with E-state index in [1.165, 1.54) is 12.8 Å². The summed E-state index contributed by atoms with van der Waals surface area (Å²) in [7, 11) is 0. The zero-order valence-electron chi connectivity index (χ0n) is 9.93. The first-order valence-electron chi connectivity index (χ1n) is 5.58. The molecule has 0 aromatic rings. The summed E-state index contributed by atoms with van der Waals surface area (Å²) in [5.41, 5.74) is -0.461. The van der Waals surface area contributed by atoms with Crippen molar-refractivity contribution in [2.24, 2.45) is 11.8 Å². The molecule has 0 heterocycles. The van der Waals surface area contributed by atoms with E-state index in [2.05, 4.69) is 27.7 Å². The second-order valence-electron chi connectivity index (χ2n) is 5.15. The lowest BCUT2D eigenvalue weighted by Gasteiger charge is -2.27. The standard InChI is InChI=1S/C12H26O/c1-10(2)8-6-7-9-12(5,13)11(3)4/h10-11,13H,6-9H2,1-5H3. The molecule has 0 aliphatic rings. The molecule has 13 heavy (non-hydrogen) atoms. The molecule has 0 amide bonds. The second kappa shape index (κ2) is 5.64. The van der Waals surface area contributed by atoms with E-state index in [1.54, 1.807) is 0 Å². The second-order valence-corrected chi connectivity index (χ2v) is 5.15. The summed E-state index contributed by atoms with van der Waals surface area (Å²) in [6.45, 7) is 10.6. The van der Waals surface area contributed by atoms with E-state index >= 15 is 0 Å². The normalized spacial score (nSPS) is 16.6. The number of unbranched alkanes of at least 4 members (excludes halogenated alkanes) is 1. The molecule has 0 rings (SSSR count). The van der Waals surface area contributed by atoms with E-state index in [1.807, 2.05) is 6.92 Å². The number of hydrogen-bond donors (Lipinski definition) is 1. The summed E-state index contributed by atoms with van der Waals surface area (Å²) in [4.78, 5) is 0. The highest BCUT2D eigenvalue weighted by atomic mass is 16.3. The van der Waals surface area contributed by atoms with E-state index in [0.29, 0.717) is 5.92 Å². The Labute approximate surface area is 83.5 Å². The molecule has 0 radical (unpaired) electrons. The SMILES string of the molecule is CC(C)CCCCC(C)(O)C(C)C. The van der Waals surface area contributed by atoms with Gasteiger partial charge in [-0.25, -0.2) is 0 Å². The average molecular weight is 186 g/mol. The third-order valence-electron chi connectivity index (χ3n) is 2.96. The van der Waals surface area contributed by atoms with Crippen molar-refractivity contribution < 1.29 is 5.11 Å². The molecule has 0 saturated heterocycles. The maximum absolute atomic E-state index is 9.96. The minimum Gasteiger partial charge on any atom is -0.390 e. The molecule has 0 aliphatic heterocycles. The van der Waals surface area contributed by atoms with Gasteiger partial charge in [0, 0.05) is 0 Å². The molecule has 80 valence electrons. The Balaban J connectivity index is 3.52. The summed E-state index contributed by atoms with van der Waals surface area (Å²) in [6.07, 6.45) is 4.63. The van der Waals surface area contributed by atoms with Gasteiger partial charge < -0.3 is 5.11 Å². The molecule has 1 atom stereocenters. The van der Waals surface area contributed by atoms with Crippen molar-refractivity contribution in [1.82, 2.24) is 0 Å². The van der Waals surface area contributed by atoms with E-state index in [4.69, 9.17) is 0 Å². The molecule has 0 aromatic carbocycles. The number of hydrogen-bond acceptors (Lipinski definition) is 1. The lowest BCUT2D eigenvalue weighted by Crippen LogP contribution is -2.30. The largest absolute Gasteiger partial charge is 0.390 e. The lowest BCUT2D eigenvalue weighted by atomic mass is 9.87. The maximum Gasteiger partial charge on any atom is 0.0642 e. The van der Waals surface area contributed by atoms with Gasteiger partial charge in [-0.15, -0.1) is 0 Å². The van der Waals surface area contributed by atoms with Crippen LogP contribution in [0.4, 0.5) is 0 Å². The van der Waals surface area contributed by atoms with Gasteiger partial charge in [0.05, 0.1) is 5.60 Å². The van der Waals surface area contributed by atoms with E-state index < -0.39 is 5.60 Å². The Kier molecular flexibility index (Phi) is 5.62. The Bertz CT molecular complexity index is 125. The molecule has 1 heteroatoms. The highest BCUT2D eigenvalue weighted by molar-refractivity contribution is 4.75. The predicted molar refractivity (Wildman–Crippen MR) is 58.8 cm³/mol. The molecule has 0 aliphatic carbocycles. The Morgan fingerprint density at radius 1 is 1.08 bits per heavy atom. The minimum absolute atomic E-state index is 0.367. The molecular formula is C12H26O. The maximum atomic E-state index is 9.96. The van der Waals surface area contributed by atoms with Crippen LogP contribution in [0.5, 0.6) is 0 Å². The van der Waals surface area contributed by atoms with Crippen molar-refractivity contribution in [3.8, 4) is 0 Å². The summed E-state index contributed by atoms with van der Waals surface area (Å²) in [6, 6.07) is 0. The Morgan fingerprint density at radius 3 is 2.00 bits per heavy atom. The van der Waals surface area contributed by atoms with Gasteiger partial charge in [0.1, 0.15) is 0 Å². The van der Waals surface area contributed by atoms with Gasteiger partial charge in [-0.3, -0.25) is 0 Å². The van der Waals surface area contributed by atoms with Crippen LogP contribution in [0.3, 0.4) is 0 Å². The molecule has 1 unspecified atom stereocenters. The lowest BCUT2D eigenvalue weighted by molar-refractivity contribution is 0.00293. The van der Waals surface area contributed by atoms with Crippen LogP contribution in [0, 0.1) is 11.8 Å². The molecule has 1 N–H and O–H groups in total. The number of rotatable bonds is 6. The van der Waals surface area contributed by atoms with Crippen molar-refractivity contribution in [3.63, 3.8) is 0 Å². The fourth-order valence-corrected chi connectivity index (χ4v) is 1.32. The van der Waals surface area contributed by atoms with Crippen LogP contribution < -0.4 is 0 Å². The van der Waals surface area contributed by atoms with Gasteiger partial charge in [0.2, 0.25) is 0 Å². The van der Waals surface area contributed by atoms with Crippen LogP contribution in [0.25, 0.3) is 0 Å². The summed E-state index contributed by atoms with van der Waals surface area (Å²) in [5, 5.41) is 9.96. The van der Waals surface area contributed by atoms with Crippen molar-refractivity contribution >= 4 is 0 Å². The van der Waals surface area contributed by atoms with Gasteiger partial charge in [0.25, 0.3) is 0 Å². The van der Waals surface area contributed by atoms with Gasteiger partial charge in [0.15, 0.2) is 0 Å². The molecular weight excluding hydrogens is 160 g/mol. The fourth-order valence-electron chi connectivity index (χ4n) is 1.32. The van der Waals surface area contributed by atoms with Crippen LogP contribution in [-0.2, 0) is 0 Å². The Morgan fingerprint density at radius 2 is 1.62 bits per heavy atom. The van der Waals surface area contributed by atoms with Crippen molar-refractivity contribution in [1.29, 1.82) is 0 Å². The van der Waals surface area contributed by atoms with Gasteiger partial charge in [-0.1, -0.05) is 47.0 Å². The summed E-state index contributed by atoms with van der Waals surface area (Å²) >= 11 is 0. The fraction of sp³-hybridized carbons (Fsp3) is 1.00. The monoisotopic (exact) mass is 186 g/mol. The summed E-state index contributed by atoms with van der Waals surface area (Å²) in [5.74, 6) is 1.16. The first-order chi connectivity index (χ1) is 5.86. The zero-order chi connectivity index (χ0) is 10.5. The van der Waals surface area contributed by atoms with Gasteiger partial charge in [-0.05, 0) is 25.2 Å². The topological polar surface area (TPSA) is 20.2 Å². The molecule has 0 fully saturated rings. The molecule has 0 saturated carbocycles. The van der Waals surface area contributed by atoms with Crippen molar-refractivity contribution in [2.45, 2.75) is 65.9 Å². The van der Waals surface area contributed by atoms with Crippen molar-refractivity contribution in [3.05, 3.63) is 0 Å². The summed E-state index contributed by atoms with van der Waals surface area (Å²) < 4.78 is 0. The molecule has 0 bridgehead atoms. The molecule has 1 nitrogen and oxygen atoms in total. The highest BCUT2D eigenvalue weighted by Crippen LogP contribution is 2.23. The minimum atomic E-state index is -0.461. The molecule has 0 aromatic heterocycles. The van der Waals surface area contributed by atoms with Crippen LogP contribution in [0.1, 0.15) is 60.3 Å². The first-order valence-corrected chi connectivity index (χ1v) is 5.58. The van der Waals surface area contributed by atoms with E-state index in [0.717, 1.165) is 18.8 Å². The van der Waals surface area contributed by atoms with E-state index in [9.17, 15) is 5.11 Å². The van der Waals surface area contributed by atoms with Crippen LogP contribution in [-0.4, -0.2) is 10.7 Å². The highest BCUT2D eigenvalue weighted by Gasteiger charge is 2.23. The van der Waals surface area contributed by atoms with Crippen LogP contribution >= 0.6 is 0 Å². The third-order valence-corrected chi connectivity index (χ3v) is 2.96. The smallest absolute Gasteiger partial charge is 0.0642 e.